The van der Waals surface area contributed by atoms with Crippen LogP contribution in [0.25, 0.3) is 27.9 Å². The first-order chi connectivity index (χ1) is 13.8. The molecular formula is C23H24N4O. The summed E-state index contributed by atoms with van der Waals surface area (Å²) in [4.78, 5) is 16.1. The first-order valence-electron chi connectivity index (χ1n) is 9.69. The number of amides is 1. The van der Waals surface area contributed by atoms with E-state index in [-0.39, 0.29) is 5.91 Å². The van der Waals surface area contributed by atoms with E-state index in [0.29, 0.717) is 6.54 Å². The highest BCUT2D eigenvalue weighted by atomic mass is 16.1. The van der Waals surface area contributed by atoms with Crippen molar-refractivity contribution < 1.29 is 4.79 Å². The van der Waals surface area contributed by atoms with E-state index in [1.54, 1.807) is 18.6 Å². The summed E-state index contributed by atoms with van der Waals surface area (Å²) in [5.41, 5.74) is 3.50. The molecule has 0 spiro atoms. The molecule has 142 valence electrons. The lowest BCUT2D eigenvalue weighted by Gasteiger charge is -2.04. The molecule has 0 aliphatic rings. The molecule has 0 atom stereocenters. The lowest BCUT2D eigenvalue weighted by molar-refractivity contribution is -0.116. The van der Waals surface area contributed by atoms with E-state index in [0.717, 1.165) is 25.1 Å². The Balaban J connectivity index is 1.44. The topological polar surface area (TPSA) is 51.9 Å². The zero-order valence-corrected chi connectivity index (χ0v) is 16.0. The summed E-state index contributed by atoms with van der Waals surface area (Å²) in [6.45, 7) is 4.59. The molecule has 0 aliphatic carbocycles. The van der Waals surface area contributed by atoms with Gasteiger partial charge in [0, 0.05) is 59.9 Å². The highest BCUT2D eigenvalue weighted by Crippen LogP contribution is 2.29. The van der Waals surface area contributed by atoms with Gasteiger partial charge in [-0.3, -0.25) is 4.79 Å². The largest absolute Gasteiger partial charge is 0.352 e. The smallest absolute Gasteiger partial charge is 0.244 e. The molecule has 0 aliphatic heterocycles. The number of aromatic nitrogens is 3. The predicted molar refractivity (Wildman–Crippen MR) is 114 cm³/mol. The maximum absolute atomic E-state index is 12.1. The first kappa shape index (κ1) is 18.0. The van der Waals surface area contributed by atoms with Gasteiger partial charge in [0.25, 0.3) is 0 Å². The predicted octanol–water partition coefficient (Wildman–Crippen LogP) is 4.23. The molecule has 2 aromatic heterocycles. The van der Waals surface area contributed by atoms with Gasteiger partial charge < -0.3 is 14.5 Å². The number of aryl methyl sites for hydroxylation is 2. The van der Waals surface area contributed by atoms with Crippen LogP contribution in [0, 0.1) is 0 Å². The van der Waals surface area contributed by atoms with Crippen LogP contribution in [0.4, 0.5) is 0 Å². The van der Waals surface area contributed by atoms with Gasteiger partial charge in [0.2, 0.25) is 5.91 Å². The number of nitrogens with one attached hydrogen (secondary N) is 1. The van der Waals surface area contributed by atoms with Crippen molar-refractivity contribution in [3.63, 3.8) is 0 Å². The third-order valence-electron chi connectivity index (χ3n) is 4.99. The molecule has 0 unspecified atom stereocenters. The highest BCUT2D eigenvalue weighted by Gasteiger charge is 2.09. The number of fused-ring (bicyclic) bond motifs is 3. The summed E-state index contributed by atoms with van der Waals surface area (Å²) in [7, 11) is 0. The van der Waals surface area contributed by atoms with Gasteiger partial charge in [-0.1, -0.05) is 24.3 Å². The number of carbonyl (C=O) groups excluding carboxylic acids is 1. The number of imidazole rings is 1. The second kappa shape index (κ2) is 8.13. The maximum Gasteiger partial charge on any atom is 0.244 e. The normalized spacial score (nSPS) is 11.6. The number of hydrogen-bond acceptors (Lipinski definition) is 2. The quantitative estimate of drug-likeness (QED) is 0.390. The zero-order valence-electron chi connectivity index (χ0n) is 16.0. The lowest BCUT2D eigenvalue weighted by Crippen LogP contribution is -2.22. The van der Waals surface area contributed by atoms with Crippen LogP contribution in [-0.4, -0.2) is 26.6 Å². The Bertz CT molecular complexity index is 1120. The van der Waals surface area contributed by atoms with Gasteiger partial charge >= 0.3 is 0 Å². The number of nitrogens with zero attached hydrogens (tertiary/aromatic N) is 3. The van der Waals surface area contributed by atoms with Crippen molar-refractivity contribution >= 4 is 33.8 Å². The summed E-state index contributed by atoms with van der Waals surface area (Å²) < 4.78 is 4.33. The first-order valence-corrected chi connectivity index (χ1v) is 9.69. The van der Waals surface area contributed by atoms with Crippen molar-refractivity contribution in [1.82, 2.24) is 19.4 Å². The third kappa shape index (κ3) is 3.69. The Labute approximate surface area is 164 Å². The molecule has 0 radical (unpaired) electrons. The zero-order chi connectivity index (χ0) is 19.3. The summed E-state index contributed by atoms with van der Waals surface area (Å²) in [6, 6.07) is 14.8. The average Bonchev–Trinajstić information content (AvgIpc) is 3.35. The van der Waals surface area contributed by atoms with Gasteiger partial charge in [-0.25, -0.2) is 4.98 Å². The highest BCUT2D eigenvalue weighted by molar-refractivity contribution is 6.08. The minimum Gasteiger partial charge on any atom is -0.352 e. The monoisotopic (exact) mass is 372 g/mol. The number of benzene rings is 2. The van der Waals surface area contributed by atoms with Gasteiger partial charge in [0.1, 0.15) is 0 Å². The van der Waals surface area contributed by atoms with Crippen LogP contribution in [0.15, 0.2) is 67.3 Å². The molecular weight excluding hydrogens is 348 g/mol. The Morgan fingerprint density at radius 1 is 1.14 bits per heavy atom. The molecule has 5 heteroatoms. The molecule has 5 nitrogen and oxygen atoms in total. The van der Waals surface area contributed by atoms with E-state index in [1.165, 1.54) is 21.8 Å². The number of rotatable bonds is 7. The molecule has 1 amide bonds. The molecule has 0 fully saturated rings. The van der Waals surface area contributed by atoms with E-state index in [4.69, 9.17) is 0 Å². The SMILES string of the molecule is CCn1c2ccccc2c2cc(/C=C/C(=O)NCCCn3ccnc3)ccc21. The van der Waals surface area contributed by atoms with Crippen molar-refractivity contribution in [3.8, 4) is 0 Å². The Kier molecular flexibility index (Phi) is 5.24. The fourth-order valence-electron chi connectivity index (χ4n) is 3.64. The van der Waals surface area contributed by atoms with Crippen molar-refractivity contribution in [1.29, 1.82) is 0 Å². The molecule has 4 aromatic rings. The average molecular weight is 372 g/mol. The standard InChI is InChI=1S/C23H24N4O/c1-2-27-21-7-4-3-6-19(21)20-16-18(8-10-22(20)27)9-11-23(28)25-12-5-14-26-15-13-24-17-26/h3-4,6-11,13,15-17H,2,5,12,14H2,1H3,(H,25,28)/b11-9+. The second-order valence-corrected chi connectivity index (χ2v) is 6.82. The van der Waals surface area contributed by atoms with Gasteiger partial charge in [-0.05, 0) is 43.2 Å². The van der Waals surface area contributed by atoms with E-state index < -0.39 is 0 Å². The van der Waals surface area contributed by atoms with Gasteiger partial charge in [-0.15, -0.1) is 0 Å². The summed E-state index contributed by atoms with van der Waals surface area (Å²) in [5.74, 6) is -0.0679. The fraction of sp³-hybridized carbons (Fsp3) is 0.217. The van der Waals surface area contributed by atoms with E-state index in [1.807, 2.05) is 16.8 Å². The minimum absolute atomic E-state index is 0.0679. The lowest BCUT2D eigenvalue weighted by atomic mass is 10.1. The molecule has 2 aromatic carbocycles. The Morgan fingerprint density at radius 3 is 2.82 bits per heavy atom. The van der Waals surface area contributed by atoms with Crippen molar-refractivity contribution in [2.45, 2.75) is 26.4 Å². The van der Waals surface area contributed by atoms with Crippen LogP contribution in [0.2, 0.25) is 0 Å². The van der Waals surface area contributed by atoms with Crippen LogP contribution in [0.5, 0.6) is 0 Å². The third-order valence-corrected chi connectivity index (χ3v) is 4.99. The van der Waals surface area contributed by atoms with E-state index in [9.17, 15) is 4.79 Å². The van der Waals surface area contributed by atoms with Crippen LogP contribution in [0.3, 0.4) is 0 Å². The number of hydrogen-bond donors (Lipinski definition) is 1. The fourth-order valence-corrected chi connectivity index (χ4v) is 3.64. The summed E-state index contributed by atoms with van der Waals surface area (Å²) >= 11 is 0. The van der Waals surface area contributed by atoms with Crippen LogP contribution in [-0.2, 0) is 17.9 Å². The van der Waals surface area contributed by atoms with E-state index >= 15 is 0 Å². The molecule has 2 heterocycles. The summed E-state index contributed by atoms with van der Waals surface area (Å²) in [6.07, 6.45) is 9.83. The molecule has 1 N–H and O–H groups in total. The van der Waals surface area contributed by atoms with Crippen molar-refractivity contribution in [2.75, 3.05) is 6.54 Å². The van der Waals surface area contributed by atoms with Gasteiger partial charge in [0.05, 0.1) is 6.33 Å². The molecule has 0 saturated heterocycles. The Hall–Kier alpha value is -3.34. The molecule has 28 heavy (non-hydrogen) atoms. The van der Waals surface area contributed by atoms with Crippen LogP contribution >= 0.6 is 0 Å². The number of carbonyl (C=O) groups is 1. The molecule has 0 saturated carbocycles. The Morgan fingerprint density at radius 2 is 2.00 bits per heavy atom. The second-order valence-electron chi connectivity index (χ2n) is 6.82. The molecule has 0 bridgehead atoms. The summed E-state index contributed by atoms with van der Waals surface area (Å²) in [5, 5.41) is 5.40. The van der Waals surface area contributed by atoms with Crippen molar-refractivity contribution in [2.24, 2.45) is 0 Å². The number of para-hydroxylation sites is 1. The van der Waals surface area contributed by atoms with Crippen molar-refractivity contribution in [3.05, 3.63) is 72.8 Å². The van der Waals surface area contributed by atoms with E-state index in [2.05, 4.69) is 64.3 Å². The van der Waals surface area contributed by atoms with Gasteiger partial charge in [0.15, 0.2) is 0 Å². The van der Waals surface area contributed by atoms with Crippen LogP contribution in [0.1, 0.15) is 18.9 Å². The minimum atomic E-state index is -0.0679. The maximum atomic E-state index is 12.1. The van der Waals surface area contributed by atoms with Gasteiger partial charge in [-0.2, -0.15) is 0 Å². The van der Waals surface area contributed by atoms with Crippen LogP contribution < -0.4 is 5.32 Å². The molecule has 4 rings (SSSR count).